The Kier molecular flexibility index (Phi) is 26.6. The van der Waals surface area contributed by atoms with Crippen LogP contribution in [0.3, 0.4) is 0 Å². The predicted molar refractivity (Wildman–Crippen MR) is 181 cm³/mol. The van der Waals surface area contributed by atoms with Crippen molar-refractivity contribution in [2.75, 3.05) is 13.1 Å². The average molecular weight is 618 g/mol. The summed E-state index contributed by atoms with van der Waals surface area (Å²) in [6.45, 7) is -1.97. The molecule has 1 atom stereocenters. The summed E-state index contributed by atoms with van der Waals surface area (Å²) in [7, 11) is 0. The summed E-state index contributed by atoms with van der Waals surface area (Å²) in [5, 5.41) is -3.18. The third kappa shape index (κ3) is 33.5. The monoisotopic (exact) mass is 618 g/mol. The number of unbranched alkanes of at least 4 members (excludes halogenated alkanes) is 23. The van der Waals surface area contributed by atoms with Gasteiger partial charge in [0.25, 0.3) is 0 Å². The Balaban J connectivity index is 4.10. The summed E-state index contributed by atoms with van der Waals surface area (Å²) in [5.41, 5.74) is 0. The minimum atomic E-state index is -3.22. The summed E-state index contributed by atoms with van der Waals surface area (Å²) < 4.78 is 49.9. The first-order valence-corrected chi connectivity index (χ1v) is 18.1. The lowest BCUT2D eigenvalue weighted by molar-refractivity contribution is -0.146. The highest BCUT2D eigenvalue weighted by atomic mass is 35.5. The van der Waals surface area contributed by atoms with Crippen molar-refractivity contribution in [1.29, 1.82) is 0 Å². The van der Waals surface area contributed by atoms with E-state index in [0.29, 0.717) is 12.8 Å². The molecule has 0 N–H and O–H groups in total. The van der Waals surface area contributed by atoms with Crippen molar-refractivity contribution in [3.63, 3.8) is 0 Å². The highest BCUT2D eigenvalue weighted by molar-refractivity contribution is 6.21. The molecule has 0 rings (SSSR count). The Labute approximate surface area is 273 Å². The van der Waals surface area contributed by atoms with Gasteiger partial charge in [-0.1, -0.05) is 154 Å². The second-order valence-electron chi connectivity index (χ2n) is 11.8. The molecule has 0 aromatic carbocycles. The molecule has 0 bridgehead atoms. The van der Waals surface area contributed by atoms with Crippen molar-refractivity contribution in [3.05, 3.63) is 12.2 Å². The van der Waals surface area contributed by atoms with Gasteiger partial charge in [0.15, 0.2) is 0 Å². The molecule has 0 saturated heterocycles. The van der Waals surface area contributed by atoms with Crippen LogP contribution in [0.2, 0.25) is 0 Å². The van der Waals surface area contributed by atoms with Gasteiger partial charge in [0.05, 0.1) is 6.85 Å². The second-order valence-corrected chi connectivity index (χ2v) is 12.2. The average Bonchev–Trinajstić information content (AvgIpc) is 3.00. The molecular formula is C37H69ClO4. The van der Waals surface area contributed by atoms with Gasteiger partial charge in [0.2, 0.25) is 0 Å². The van der Waals surface area contributed by atoms with Crippen molar-refractivity contribution in [2.24, 2.45) is 0 Å². The van der Waals surface area contributed by atoms with E-state index in [-0.39, 0.29) is 12.8 Å². The molecule has 0 heterocycles. The van der Waals surface area contributed by atoms with Crippen molar-refractivity contribution in [1.82, 2.24) is 0 Å². The van der Waals surface area contributed by atoms with Crippen LogP contribution in [0.15, 0.2) is 12.2 Å². The smallest absolute Gasteiger partial charge is 0.305 e. The molecule has 0 aromatic heterocycles. The number of esters is 2. The van der Waals surface area contributed by atoms with Crippen LogP contribution in [0.1, 0.15) is 200 Å². The number of carbonyl (C=O) groups excluding carboxylic acids is 2. The first-order valence-electron chi connectivity index (χ1n) is 20.2. The van der Waals surface area contributed by atoms with E-state index in [0.717, 1.165) is 57.8 Å². The highest BCUT2D eigenvalue weighted by Crippen LogP contribution is 2.14. The SMILES string of the molecule is [2H]C([2H])(OC(=O)CCCCCCC/C=C\CCCCCCCC)C([2H])(Cl)C([2H])([2H])OC(=O)CCCCCCCCCCCCCCC. The Morgan fingerprint density at radius 3 is 1.17 bits per heavy atom. The van der Waals surface area contributed by atoms with Crippen LogP contribution in [0.25, 0.3) is 0 Å². The van der Waals surface area contributed by atoms with E-state index in [9.17, 15) is 9.59 Å². The fourth-order valence-electron chi connectivity index (χ4n) is 4.95. The molecule has 0 aliphatic heterocycles. The first kappa shape index (κ1) is 32.4. The minimum absolute atomic E-state index is 0.0531. The maximum Gasteiger partial charge on any atom is 0.305 e. The van der Waals surface area contributed by atoms with Gasteiger partial charge in [0.1, 0.15) is 18.5 Å². The van der Waals surface area contributed by atoms with E-state index in [1.54, 1.807) is 0 Å². The van der Waals surface area contributed by atoms with Gasteiger partial charge in [-0.3, -0.25) is 9.59 Å². The maximum absolute atomic E-state index is 12.3. The Bertz CT molecular complexity index is 808. The number of rotatable bonds is 33. The molecule has 42 heavy (non-hydrogen) atoms. The molecular weight excluding hydrogens is 544 g/mol. The molecule has 0 radical (unpaired) electrons. The van der Waals surface area contributed by atoms with Crippen molar-refractivity contribution in [3.8, 4) is 0 Å². The van der Waals surface area contributed by atoms with Gasteiger partial charge in [-0.25, -0.2) is 0 Å². The Morgan fingerprint density at radius 2 is 0.833 bits per heavy atom. The summed E-state index contributed by atoms with van der Waals surface area (Å²) in [6, 6.07) is 0. The lowest BCUT2D eigenvalue weighted by Gasteiger charge is -2.11. The standard InChI is InChI=1S/C37H69ClO4/c1-3-5-7-9-11-13-15-17-18-20-22-24-26-28-30-32-37(40)42-34-35(38)33-41-36(39)31-29-27-25-23-21-19-16-14-12-10-8-6-4-2/h17-18,35H,3-16,19-34H2,1-2H3/b18-17-/i33D2,34D2,35D. The number of alkyl halides is 1. The summed E-state index contributed by atoms with van der Waals surface area (Å²) in [4.78, 5) is 24.6. The fourth-order valence-corrected chi connectivity index (χ4v) is 5.03. The zero-order valence-electron chi connectivity index (χ0n) is 32.5. The van der Waals surface area contributed by atoms with E-state index in [2.05, 4.69) is 26.0 Å². The number of halogens is 1. The molecule has 0 aromatic rings. The molecule has 0 spiro atoms. The Morgan fingerprint density at radius 1 is 0.548 bits per heavy atom. The lowest BCUT2D eigenvalue weighted by atomic mass is 10.0. The van der Waals surface area contributed by atoms with E-state index in [1.807, 2.05) is 0 Å². The van der Waals surface area contributed by atoms with E-state index >= 15 is 0 Å². The van der Waals surface area contributed by atoms with Gasteiger partial charge in [-0.15, -0.1) is 11.6 Å². The zero-order valence-corrected chi connectivity index (χ0v) is 28.2. The third-order valence-electron chi connectivity index (χ3n) is 7.64. The van der Waals surface area contributed by atoms with E-state index < -0.39 is 30.4 Å². The van der Waals surface area contributed by atoms with Gasteiger partial charge < -0.3 is 9.47 Å². The van der Waals surface area contributed by atoms with Crippen LogP contribution >= 0.6 is 11.6 Å². The van der Waals surface area contributed by atoms with Crippen LogP contribution in [0.5, 0.6) is 0 Å². The quantitative estimate of drug-likeness (QED) is 0.0318. The molecule has 0 amide bonds. The number of ether oxygens (including phenoxy) is 2. The predicted octanol–water partition coefficient (Wildman–Crippen LogP) is 12.2. The van der Waals surface area contributed by atoms with Gasteiger partial charge in [-0.2, -0.15) is 0 Å². The second kappa shape index (κ2) is 34.5. The van der Waals surface area contributed by atoms with Crippen LogP contribution in [-0.4, -0.2) is 30.4 Å². The van der Waals surface area contributed by atoms with Crippen LogP contribution in [0, 0.1) is 0 Å². The van der Waals surface area contributed by atoms with Crippen molar-refractivity contribution >= 4 is 23.5 Å². The van der Waals surface area contributed by atoms with Crippen LogP contribution < -0.4 is 0 Å². The summed E-state index contributed by atoms with van der Waals surface area (Å²) in [6.07, 6.45) is 33.7. The molecule has 5 heteroatoms. The number of allylic oxidation sites excluding steroid dienone is 2. The molecule has 0 fully saturated rings. The van der Waals surface area contributed by atoms with Crippen molar-refractivity contribution < 1.29 is 25.9 Å². The van der Waals surface area contributed by atoms with Gasteiger partial charge in [0, 0.05) is 12.8 Å². The molecule has 0 saturated carbocycles. The molecule has 248 valence electrons. The largest absolute Gasteiger partial charge is 0.464 e. The van der Waals surface area contributed by atoms with E-state index in [4.69, 9.17) is 27.9 Å². The zero-order chi connectivity index (χ0) is 35.3. The van der Waals surface area contributed by atoms with E-state index in [1.165, 1.54) is 96.3 Å². The van der Waals surface area contributed by atoms with Crippen molar-refractivity contribution in [2.45, 2.75) is 199 Å². The normalized spacial score (nSPS) is 15.4. The molecule has 0 aliphatic rings. The van der Waals surface area contributed by atoms with Gasteiger partial charge >= 0.3 is 11.9 Å². The first-order chi connectivity index (χ1) is 22.4. The topological polar surface area (TPSA) is 52.6 Å². The molecule has 1 unspecified atom stereocenters. The summed E-state index contributed by atoms with van der Waals surface area (Å²) in [5.74, 6) is -1.80. The highest BCUT2D eigenvalue weighted by Gasteiger charge is 2.12. The number of hydrogen-bond donors (Lipinski definition) is 0. The van der Waals surface area contributed by atoms with Crippen LogP contribution in [0.4, 0.5) is 0 Å². The van der Waals surface area contributed by atoms with Gasteiger partial charge in [-0.05, 0) is 38.5 Å². The molecule has 0 aliphatic carbocycles. The minimum Gasteiger partial charge on any atom is -0.464 e. The number of hydrogen-bond acceptors (Lipinski definition) is 4. The lowest BCUT2D eigenvalue weighted by Crippen LogP contribution is -2.21. The molecule has 4 nitrogen and oxygen atoms in total. The fraction of sp³-hybridized carbons (Fsp3) is 0.892. The number of carbonyl (C=O) groups is 2. The van der Waals surface area contributed by atoms with Crippen LogP contribution in [-0.2, 0) is 19.1 Å². The third-order valence-corrected chi connectivity index (χ3v) is 7.79. The maximum atomic E-state index is 12.3. The Hall–Kier alpha value is -1.03. The summed E-state index contributed by atoms with van der Waals surface area (Å²) >= 11 is 5.95.